The van der Waals surface area contributed by atoms with Gasteiger partial charge in [-0.25, -0.2) is 0 Å². The molecule has 4 nitrogen and oxygen atoms in total. The van der Waals surface area contributed by atoms with Crippen LogP contribution in [0.15, 0.2) is 0 Å². The highest BCUT2D eigenvalue weighted by atomic mass is 16.5. The Morgan fingerprint density at radius 1 is 1.16 bits per heavy atom. The summed E-state index contributed by atoms with van der Waals surface area (Å²) in [5, 5.41) is 6.75. The van der Waals surface area contributed by atoms with Gasteiger partial charge in [-0.2, -0.15) is 0 Å². The molecule has 0 aromatic rings. The zero-order valence-electron chi connectivity index (χ0n) is 12.7. The molecule has 0 aromatic heterocycles. The quantitative estimate of drug-likeness (QED) is 0.664. The first-order valence-electron chi connectivity index (χ1n) is 7.66. The standard InChI is InChI=1S/C15H30N2O2/c1-12(2)15(18)17-14-8-6-13(7-9-14)16-10-4-5-11-19-3/h12-14,16H,4-11H2,1-3H3,(H,17,18). The Kier molecular flexibility index (Phi) is 8.07. The van der Waals surface area contributed by atoms with Gasteiger partial charge in [-0.3, -0.25) is 4.79 Å². The highest BCUT2D eigenvalue weighted by molar-refractivity contribution is 5.78. The predicted molar refractivity (Wildman–Crippen MR) is 78.1 cm³/mol. The average Bonchev–Trinajstić information content (AvgIpc) is 2.40. The minimum Gasteiger partial charge on any atom is -0.385 e. The van der Waals surface area contributed by atoms with E-state index in [-0.39, 0.29) is 11.8 Å². The van der Waals surface area contributed by atoms with Crippen molar-refractivity contribution in [2.24, 2.45) is 5.92 Å². The molecule has 19 heavy (non-hydrogen) atoms. The topological polar surface area (TPSA) is 50.4 Å². The van der Waals surface area contributed by atoms with Gasteiger partial charge in [-0.1, -0.05) is 13.8 Å². The van der Waals surface area contributed by atoms with Crippen LogP contribution >= 0.6 is 0 Å². The number of methoxy groups -OCH3 is 1. The van der Waals surface area contributed by atoms with Gasteiger partial charge in [0.05, 0.1) is 0 Å². The molecule has 1 saturated carbocycles. The normalized spacial score (nSPS) is 23.6. The first kappa shape index (κ1) is 16.4. The van der Waals surface area contributed by atoms with Crippen molar-refractivity contribution in [2.45, 2.75) is 64.5 Å². The Morgan fingerprint density at radius 3 is 2.37 bits per heavy atom. The van der Waals surface area contributed by atoms with Crippen LogP contribution in [0.2, 0.25) is 0 Å². The molecule has 0 heterocycles. The van der Waals surface area contributed by atoms with E-state index >= 15 is 0 Å². The van der Waals surface area contributed by atoms with Crippen LogP contribution in [0.5, 0.6) is 0 Å². The monoisotopic (exact) mass is 270 g/mol. The van der Waals surface area contributed by atoms with Crippen molar-refractivity contribution in [1.29, 1.82) is 0 Å². The Hall–Kier alpha value is -0.610. The number of unbranched alkanes of at least 4 members (excludes halogenated alkanes) is 1. The molecule has 0 unspecified atom stereocenters. The zero-order chi connectivity index (χ0) is 14.1. The highest BCUT2D eigenvalue weighted by Gasteiger charge is 2.22. The summed E-state index contributed by atoms with van der Waals surface area (Å²) < 4.78 is 5.04. The maximum Gasteiger partial charge on any atom is 0.222 e. The van der Waals surface area contributed by atoms with E-state index in [0.717, 1.165) is 32.4 Å². The van der Waals surface area contributed by atoms with E-state index in [2.05, 4.69) is 10.6 Å². The molecule has 1 fully saturated rings. The van der Waals surface area contributed by atoms with Crippen LogP contribution in [0.4, 0.5) is 0 Å². The van der Waals surface area contributed by atoms with Crippen LogP contribution in [0, 0.1) is 5.92 Å². The van der Waals surface area contributed by atoms with Crippen molar-refractivity contribution in [3.05, 3.63) is 0 Å². The Bertz CT molecular complexity index is 249. The molecular weight excluding hydrogens is 240 g/mol. The molecule has 1 aliphatic carbocycles. The Labute approximate surface area is 117 Å². The Balaban J connectivity index is 2.07. The lowest BCUT2D eigenvalue weighted by Gasteiger charge is -2.30. The van der Waals surface area contributed by atoms with Crippen molar-refractivity contribution >= 4 is 5.91 Å². The van der Waals surface area contributed by atoms with Crippen LogP contribution in [-0.2, 0) is 9.53 Å². The number of hydrogen-bond acceptors (Lipinski definition) is 3. The number of nitrogens with one attached hydrogen (secondary N) is 2. The molecule has 0 bridgehead atoms. The molecule has 0 atom stereocenters. The van der Waals surface area contributed by atoms with E-state index in [1.807, 2.05) is 13.8 Å². The fraction of sp³-hybridized carbons (Fsp3) is 0.933. The molecule has 0 aliphatic heterocycles. The smallest absolute Gasteiger partial charge is 0.222 e. The molecule has 4 heteroatoms. The third-order valence-electron chi connectivity index (χ3n) is 3.81. The molecule has 0 saturated heterocycles. The fourth-order valence-corrected chi connectivity index (χ4v) is 2.49. The zero-order valence-corrected chi connectivity index (χ0v) is 12.7. The third-order valence-corrected chi connectivity index (χ3v) is 3.81. The van der Waals surface area contributed by atoms with Gasteiger partial charge in [0, 0.05) is 31.7 Å². The molecular formula is C15H30N2O2. The van der Waals surface area contributed by atoms with Crippen LogP contribution in [0.1, 0.15) is 52.4 Å². The van der Waals surface area contributed by atoms with Crippen LogP contribution in [-0.4, -0.2) is 38.3 Å². The molecule has 0 aromatic carbocycles. The van der Waals surface area contributed by atoms with Gasteiger partial charge in [0.2, 0.25) is 5.91 Å². The van der Waals surface area contributed by atoms with E-state index in [4.69, 9.17) is 4.74 Å². The molecule has 2 N–H and O–H groups in total. The number of carbonyl (C=O) groups is 1. The molecule has 0 radical (unpaired) electrons. The van der Waals surface area contributed by atoms with Gasteiger partial charge >= 0.3 is 0 Å². The van der Waals surface area contributed by atoms with Gasteiger partial charge in [0.1, 0.15) is 0 Å². The van der Waals surface area contributed by atoms with E-state index in [1.165, 1.54) is 19.3 Å². The summed E-state index contributed by atoms with van der Waals surface area (Å²) in [6, 6.07) is 1.02. The van der Waals surface area contributed by atoms with Crippen LogP contribution in [0.25, 0.3) is 0 Å². The number of amides is 1. The Morgan fingerprint density at radius 2 is 1.79 bits per heavy atom. The molecule has 1 rings (SSSR count). The number of hydrogen-bond donors (Lipinski definition) is 2. The summed E-state index contributed by atoms with van der Waals surface area (Å²) in [5.41, 5.74) is 0. The summed E-state index contributed by atoms with van der Waals surface area (Å²) in [7, 11) is 1.75. The number of rotatable bonds is 8. The predicted octanol–water partition coefficient (Wildman–Crippen LogP) is 2.09. The lowest BCUT2D eigenvalue weighted by atomic mass is 9.90. The first-order chi connectivity index (χ1) is 9.13. The van der Waals surface area contributed by atoms with Gasteiger partial charge < -0.3 is 15.4 Å². The lowest BCUT2D eigenvalue weighted by molar-refractivity contribution is -0.124. The maximum absolute atomic E-state index is 11.6. The van der Waals surface area contributed by atoms with Crippen LogP contribution < -0.4 is 10.6 Å². The SMILES string of the molecule is COCCCCNC1CCC(NC(=O)C(C)C)CC1. The van der Waals surface area contributed by atoms with E-state index in [0.29, 0.717) is 12.1 Å². The van der Waals surface area contributed by atoms with Crippen LogP contribution in [0.3, 0.4) is 0 Å². The summed E-state index contributed by atoms with van der Waals surface area (Å²) in [6.07, 6.45) is 6.87. The summed E-state index contributed by atoms with van der Waals surface area (Å²) in [4.78, 5) is 11.6. The number of ether oxygens (including phenoxy) is 1. The van der Waals surface area contributed by atoms with Crippen molar-refractivity contribution < 1.29 is 9.53 Å². The minimum atomic E-state index is 0.0941. The van der Waals surface area contributed by atoms with Gasteiger partial charge in [-0.05, 0) is 45.1 Å². The van der Waals surface area contributed by atoms with E-state index in [9.17, 15) is 4.79 Å². The van der Waals surface area contributed by atoms with E-state index in [1.54, 1.807) is 7.11 Å². The minimum absolute atomic E-state index is 0.0941. The summed E-state index contributed by atoms with van der Waals surface area (Å²) in [5.74, 6) is 0.285. The lowest BCUT2D eigenvalue weighted by Crippen LogP contribution is -2.43. The molecule has 1 amide bonds. The van der Waals surface area contributed by atoms with Crippen molar-refractivity contribution in [2.75, 3.05) is 20.3 Å². The van der Waals surface area contributed by atoms with Gasteiger partial charge in [-0.15, -0.1) is 0 Å². The summed E-state index contributed by atoms with van der Waals surface area (Å²) in [6.45, 7) is 5.83. The highest BCUT2D eigenvalue weighted by Crippen LogP contribution is 2.19. The first-order valence-corrected chi connectivity index (χ1v) is 7.66. The number of carbonyl (C=O) groups excluding carboxylic acids is 1. The second-order valence-corrected chi connectivity index (χ2v) is 5.87. The second kappa shape index (κ2) is 9.32. The average molecular weight is 270 g/mol. The van der Waals surface area contributed by atoms with Gasteiger partial charge in [0.25, 0.3) is 0 Å². The molecule has 112 valence electrons. The van der Waals surface area contributed by atoms with Crippen molar-refractivity contribution in [3.63, 3.8) is 0 Å². The molecule has 0 spiro atoms. The molecule has 1 aliphatic rings. The summed E-state index contributed by atoms with van der Waals surface area (Å²) >= 11 is 0. The second-order valence-electron chi connectivity index (χ2n) is 5.87. The maximum atomic E-state index is 11.6. The van der Waals surface area contributed by atoms with E-state index < -0.39 is 0 Å². The third kappa shape index (κ3) is 6.92. The fourth-order valence-electron chi connectivity index (χ4n) is 2.49. The largest absolute Gasteiger partial charge is 0.385 e. The van der Waals surface area contributed by atoms with Crippen molar-refractivity contribution in [3.8, 4) is 0 Å². The van der Waals surface area contributed by atoms with Crippen molar-refractivity contribution in [1.82, 2.24) is 10.6 Å². The van der Waals surface area contributed by atoms with Gasteiger partial charge in [0.15, 0.2) is 0 Å².